The maximum absolute atomic E-state index is 14.1. The Kier molecular flexibility index (Phi) is 12.2. The van der Waals surface area contributed by atoms with Gasteiger partial charge in [-0.15, -0.1) is 13.2 Å². The third-order valence-electron chi connectivity index (χ3n) is 10.1. The maximum Gasteiger partial charge on any atom is 0.332 e. The van der Waals surface area contributed by atoms with Crippen LogP contribution < -0.4 is 20.1 Å². The molecule has 3 aromatic rings. The summed E-state index contributed by atoms with van der Waals surface area (Å²) >= 11 is 0. The standard InChI is InChI=1S/C41H52N4O6/c1-8-11-12-13-14-20-42-38(46)30-21-28(22-31(30)39(47)45-41(24-27(41)9-2)40(48)50-10-3)51-36-23-34(33-17-15-16-32(43-33)25(4)5)44-37-26(6)35(49-7)19-18-29(36)37/h8-9,15-19,23,25,27-28,30-31H,1-2,10-14,20-22,24H2,3-7H3,(H,42,46)(H,45,47). The lowest BCUT2D eigenvalue weighted by Gasteiger charge is -2.23. The van der Waals surface area contributed by atoms with E-state index in [0.717, 1.165) is 53.5 Å². The Bertz CT molecular complexity index is 1770. The zero-order valence-electron chi connectivity index (χ0n) is 30.6. The van der Waals surface area contributed by atoms with E-state index in [0.29, 0.717) is 36.6 Å². The summed E-state index contributed by atoms with van der Waals surface area (Å²) in [4.78, 5) is 50.7. The highest BCUT2D eigenvalue weighted by atomic mass is 16.5. The number of hydrogen-bond acceptors (Lipinski definition) is 8. The molecule has 2 heterocycles. The summed E-state index contributed by atoms with van der Waals surface area (Å²) in [6.45, 7) is 16.2. The zero-order chi connectivity index (χ0) is 36.7. The number of aromatic nitrogens is 2. The highest BCUT2D eigenvalue weighted by Gasteiger charge is 2.62. The van der Waals surface area contributed by atoms with Crippen molar-refractivity contribution >= 4 is 28.7 Å². The molecule has 5 unspecified atom stereocenters. The molecule has 5 atom stereocenters. The van der Waals surface area contributed by atoms with Gasteiger partial charge in [0.2, 0.25) is 11.8 Å². The van der Waals surface area contributed by atoms with Crippen LogP contribution in [0.1, 0.15) is 82.9 Å². The largest absolute Gasteiger partial charge is 0.496 e. The average molecular weight is 697 g/mol. The Morgan fingerprint density at radius 2 is 1.76 bits per heavy atom. The van der Waals surface area contributed by atoms with Gasteiger partial charge in [-0.05, 0) is 82.6 Å². The Morgan fingerprint density at radius 1 is 1.00 bits per heavy atom. The van der Waals surface area contributed by atoms with E-state index in [-0.39, 0.29) is 36.7 Å². The number of rotatable bonds is 17. The zero-order valence-corrected chi connectivity index (χ0v) is 30.6. The van der Waals surface area contributed by atoms with Crippen molar-refractivity contribution < 1.29 is 28.6 Å². The molecule has 0 radical (unpaired) electrons. The molecule has 5 rings (SSSR count). The summed E-state index contributed by atoms with van der Waals surface area (Å²) in [6.07, 6.45) is 7.87. The smallest absolute Gasteiger partial charge is 0.332 e. The predicted octanol–water partition coefficient (Wildman–Crippen LogP) is 7.00. The molecule has 1 aromatic carbocycles. The fourth-order valence-corrected chi connectivity index (χ4v) is 7.10. The minimum Gasteiger partial charge on any atom is -0.496 e. The highest BCUT2D eigenvalue weighted by Crippen LogP contribution is 2.47. The van der Waals surface area contributed by atoms with Crippen molar-refractivity contribution in [3.05, 3.63) is 73.0 Å². The van der Waals surface area contributed by atoms with Crippen LogP contribution in [0.15, 0.2) is 61.7 Å². The second kappa shape index (κ2) is 16.5. The van der Waals surface area contributed by atoms with Gasteiger partial charge in [-0.25, -0.2) is 9.78 Å². The van der Waals surface area contributed by atoms with E-state index in [1.807, 2.05) is 49.4 Å². The lowest BCUT2D eigenvalue weighted by molar-refractivity contribution is -0.150. The molecule has 2 aliphatic carbocycles. The lowest BCUT2D eigenvalue weighted by Crippen LogP contribution is -2.50. The normalized spacial score (nSPS) is 22.3. The molecule has 2 aliphatic rings. The fourth-order valence-electron chi connectivity index (χ4n) is 7.10. The number of hydrogen-bond donors (Lipinski definition) is 2. The number of benzene rings is 1. The predicted molar refractivity (Wildman–Crippen MR) is 198 cm³/mol. The summed E-state index contributed by atoms with van der Waals surface area (Å²) in [5, 5.41) is 6.84. The van der Waals surface area contributed by atoms with Crippen LogP contribution in [0, 0.1) is 24.7 Å². The second-order valence-electron chi connectivity index (χ2n) is 14.0. The molecule has 51 heavy (non-hydrogen) atoms. The lowest BCUT2D eigenvalue weighted by atomic mass is 9.93. The van der Waals surface area contributed by atoms with E-state index < -0.39 is 29.4 Å². The highest BCUT2D eigenvalue weighted by molar-refractivity contribution is 5.95. The number of amides is 2. The van der Waals surface area contributed by atoms with Crippen LogP contribution in [0.2, 0.25) is 0 Å². The van der Waals surface area contributed by atoms with E-state index in [9.17, 15) is 14.4 Å². The van der Waals surface area contributed by atoms with Crippen molar-refractivity contribution in [2.45, 2.75) is 90.2 Å². The molecule has 2 aromatic heterocycles. The molecule has 0 spiro atoms. The molecule has 2 saturated carbocycles. The third-order valence-corrected chi connectivity index (χ3v) is 10.1. The molecule has 10 nitrogen and oxygen atoms in total. The number of allylic oxidation sites excluding steroid dienone is 1. The molecule has 10 heteroatoms. The minimum atomic E-state index is -1.16. The Hall–Kier alpha value is -4.73. The number of unbranched alkanes of at least 4 members (excludes halogenated alkanes) is 3. The molecule has 0 bridgehead atoms. The van der Waals surface area contributed by atoms with E-state index in [4.69, 9.17) is 24.2 Å². The van der Waals surface area contributed by atoms with Gasteiger partial charge in [0, 0.05) is 35.2 Å². The Balaban J connectivity index is 1.45. The summed E-state index contributed by atoms with van der Waals surface area (Å²) < 4.78 is 17.7. The van der Waals surface area contributed by atoms with Crippen molar-refractivity contribution in [3.8, 4) is 22.9 Å². The van der Waals surface area contributed by atoms with Gasteiger partial charge in [-0.3, -0.25) is 14.6 Å². The van der Waals surface area contributed by atoms with Crippen LogP contribution in [0.4, 0.5) is 0 Å². The van der Waals surface area contributed by atoms with Gasteiger partial charge in [0.05, 0.1) is 42.5 Å². The van der Waals surface area contributed by atoms with Crippen molar-refractivity contribution in [3.63, 3.8) is 0 Å². The summed E-state index contributed by atoms with van der Waals surface area (Å²) in [5.41, 5.74) is 2.74. The van der Waals surface area contributed by atoms with Gasteiger partial charge in [0.25, 0.3) is 0 Å². The van der Waals surface area contributed by atoms with E-state index >= 15 is 0 Å². The maximum atomic E-state index is 14.1. The Morgan fingerprint density at radius 3 is 2.43 bits per heavy atom. The van der Waals surface area contributed by atoms with Crippen molar-refractivity contribution in [2.75, 3.05) is 20.3 Å². The number of fused-ring (bicyclic) bond motifs is 1. The number of nitrogens with zero attached hydrogens (tertiary/aromatic N) is 2. The van der Waals surface area contributed by atoms with Gasteiger partial charge in [-0.1, -0.05) is 38.5 Å². The van der Waals surface area contributed by atoms with Gasteiger partial charge in [0.15, 0.2) is 0 Å². The fraction of sp³-hybridized carbons (Fsp3) is 0.488. The number of pyridine rings is 2. The quantitative estimate of drug-likeness (QED) is 0.0878. The van der Waals surface area contributed by atoms with Crippen LogP contribution in [0.5, 0.6) is 11.5 Å². The molecule has 0 saturated heterocycles. The minimum absolute atomic E-state index is 0.193. The van der Waals surface area contributed by atoms with Crippen molar-refractivity contribution in [1.29, 1.82) is 0 Å². The molecular formula is C41H52N4O6. The van der Waals surface area contributed by atoms with E-state index in [1.165, 1.54) is 0 Å². The van der Waals surface area contributed by atoms with Crippen LogP contribution in [-0.2, 0) is 19.1 Å². The average Bonchev–Trinajstić information content (AvgIpc) is 3.68. The number of ether oxygens (including phenoxy) is 3. The van der Waals surface area contributed by atoms with Crippen LogP contribution in [-0.4, -0.2) is 59.7 Å². The summed E-state index contributed by atoms with van der Waals surface area (Å²) in [6, 6.07) is 11.6. The van der Waals surface area contributed by atoms with Gasteiger partial charge in [0.1, 0.15) is 23.1 Å². The van der Waals surface area contributed by atoms with Crippen LogP contribution in [0.3, 0.4) is 0 Å². The first-order valence-electron chi connectivity index (χ1n) is 18.2. The number of esters is 1. The topological polar surface area (TPSA) is 129 Å². The molecular weight excluding hydrogens is 644 g/mol. The number of carbonyl (C=O) groups excluding carboxylic acids is 3. The summed E-state index contributed by atoms with van der Waals surface area (Å²) in [5.74, 6) is -1.11. The van der Waals surface area contributed by atoms with Crippen molar-refractivity contribution in [1.82, 2.24) is 20.6 Å². The monoisotopic (exact) mass is 696 g/mol. The second-order valence-corrected chi connectivity index (χ2v) is 14.0. The molecule has 272 valence electrons. The van der Waals surface area contributed by atoms with Crippen LogP contribution in [0.25, 0.3) is 22.3 Å². The molecule has 2 amide bonds. The first-order chi connectivity index (χ1) is 24.6. The SMILES string of the molecule is C=CCCCCCNC(=O)C1CC(Oc2cc(-c3cccc(C(C)C)n3)nc3c(C)c(OC)ccc23)CC1C(=O)NC1(C(=O)OCC)CC1C=C. The number of nitrogens with one attached hydrogen (secondary N) is 2. The first-order valence-corrected chi connectivity index (χ1v) is 18.2. The number of carbonyl (C=O) groups is 3. The third kappa shape index (κ3) is 8.26. The van der Waals surface area contributed by atoms with Gasteiger partial charge in [-0.2, -0.15) is 0 Å². The number of methoxy groups -OCH3 is 1. The van der Waals surface area contributed by atoms with Crippen molar-refractivity contribution in [2.24, 2.45) is 17.8 Å². The molecule has 0 aliphatic heterocycles. The first kappa shape index (κ1) is 37.5. The number of aryl methyl sites for hydroxylation is 1. The van der Waals surface area contributed by atoms with Gasteiger partial charge < -0.3 is 24.8 Å². The molecule has 2 fully saturated rings. The summed E-state index contributed by atoms with van der Waals surface area (Å²) in [7, 11) is 1.63. The van der Waals surface area contributed by atoms with Crippen LogP contribution >= 0.6 is 0 Å². The molecule has 2 N–H and O–H groups in total. The van der Waals surface area contributed by atoms with E-state index in [1.54, 1.807) is 20.1 Å². The van der Waals surface area contributed by atoms with Gasteiger partial charge >= 0.3 is 5.97 Å². The Labute approximate surface area is 301 Å². The van der Waals surface area contributed by atoms with E-state index in [2.05, 4.69) is 37.6 Å².